The van der Waals surface area contributed by atoms with E-state index in [9.17, 15) is 9.90 Å². The molecule has 0 bridgehead atoms. The second-order valence-electron chi connectivity index (χ2n) is 4.19. The average molecular weight is 220 g/mol. The molecule has 1 aromatic rings. The van der Waals surface area contributed by atoms with Gasteiger partial charge in [0.15, 0.2) is 0 Å². The molecule has 1 N–H and O–H groups in total. The molecule has 0 amide bonds. The molecule has 0 radical (unpaired) electrons. The number of hydrogen-bond acceptors (Lipinski definition) is 3. The predicted octanol–water partition coefficient (Wildman–Crippen LogP) is 1.64. The largest absolute Gasteiger partial charge is 0.469 e. The van der Waals surface area contributed by atoms with Crippen molar-refractivity contribution in [2.75, 3.05) is 7.11 Å². The van der Waals surface area contributed by atoms with Crippen LogP contribution in [0.25, 0.3) is 0 Å². The minimum Gasteiger partial charge on any atom is -0.469 e. The molecule has 2 atom stereocenters. The number of carbonyl (C=O) groups is 1. The van der Waals surface area contributed by atoms with E-state index < -0.39 is 6.10 Å². The van der Waals surface area contributed by atoms with Crippen molar-refractivity contribution in [3.05, 3.63) is 35.4 Å². The third kappa shape index (κ3) is 2.09. The van der Waals surface area contributed by atoms with Crippen LogP contribution < -0.4 is 0 Å². The van der Waals surface area contributed by atoms with E-state index in [0.29, 0.717) is 0 Å². The molecule has 2 rings (SSSR count). The van der Waals surface area contributed by atoms with Gasteiger partial charge in [-0.25, -0.2) is 0 Å². The van der Waals surface area contributed by atoms with Crippen LogP contribution in [0, 0.1) is 0 Å². The van der Waals surface area contributed by atoms with E-state index in [2.05, 4.69) is 10.8 Å². The van der Waals surface area contributed by atoms with Crippen LogP contribution in [-0.4, -0.2) is 24.3 Å². The molecule has 1 aliphatic carbocycles. The number of aliphatic hydroxyl groups is 1. The first-order valence-electron chi connectivity index (χ1n) is 5.55. The molecule has 0 heterocycles. The number of rotatable bonds is 2. The smallest absolute Gasteiger partial charge is 0.306 e. The van der Waals surface area contributed by atoms with Crippen LogP contribution in [0.15, 0.2) is 24.3 Å². The Morgan fingerprint density at radius 1 is 1.50 bits per heavy atom. The van der Waals surface area contributed by atoms with Crippen LogP contribution in [0.2, 0.25) is 0 Å². The van der Waals surface area contributed by atoms with Gasteiger partial charge in [-0.15, -0.1) is 0 Å². The quantitative estimate of drug-likeness (QED) is 0.771. The lowest BCUT2D eigenvalue weighted by atomic mass is 9.79. The van der Waals surface area contributed by atoms with Crippen LogP contribution in [-0.2, 0) is 16.0 Å². The number of carbonyl (C=O) groups excluding carboxylic acids is 1. The van der Waals surface area contributed by atoms with Gasteiger partial charge in [0.25, 0.3) is 0 Å². The van der Waals surface area contributed by atoms with E-state index in [0.717, 1.165) is 18.4 Å². The summed E-state index contributed by atoms with van der Waals surface area (Å²) in [5, 5.41) is 9.95. The second kappa shape index (κ2) is 4.66. The van der Waals surface area contributed by atoms with Crippen molar-refractivity contribution in [3.63, 3.8) is 0 Å². The van der Waals surface area contributed by atoms with Crippen molar-refractivity contribution in [3.8, 4) is 0 Å². The molecule has 86 valence electrons. The van der Waals surface area contributed by atoms with Crippen molar-refractivity contribution in [1.29, 1.82) is 0 Å². The summed E-state index contributed by atoms with van der Waals surface area (Å²) in [7, 11) is 1.38. The summed E-state index contributed by atoms with van der Waals surface area (Å²) in [6.45, 7) is 0. The van der Waals surface area contributed by atoms with Gasteiger partial charge in [0.2, 0.25) is 0 Å². The fourth-order valence-corrected chi connectivity index (χ4v) is 2.34. The summed E-state index contributed by atoms with van der Waals surface area (Å²) < 4.78 is 4.67. The first-order valence-corrected chi connectivity index (χ1v) is 5.55. The summed E-state index contributed by atoms with van der Waals surface area (Å²) in [4.78, 5) is 11.3. The Kier molecular flexibility index (Phi) is 3.25. The van der Waals surface area contributed by atoms with Crippen LogP contribution in [0.1, 0.15) is 29.9 Å². The number of methoxy groups -OCH3 is 1. The Morgan fingerprint density at radius 3 is 3.00 bits per heavy atom. The standard InChI is InChI=1S/C13H16O3/c1-16-13(15)8-11-10-5-3-2-4-9(10)6-7-12(11)14/h2-5,11-12,14H,6-8H2,1H3. The van der Waals surface area contributed by atoms with E-state index in [1.165, 1.54) is 12.7 Å². The molecule has 0 saturated heterocycles. The normalized spacial score (nSPS) is 23.6. The summed E-state index contributed by atoms with van der Waals surface area (Å²) in [5.41, 5.74) is 2.33. The van der Waals surface area contributed by atoms with E-state index in [1.807, 2.05) is 18.2 Å². The lowest BCUT2D eigenvalue weighted by Crippen LogP contribution is -2.27. The molecule has 0 aromatic heterocycles. The minimum atomic E-state index is -0.436. The maximum atomic E-state index is 11.3. The van der Waals surface area contributed by atoms with E-state index in [4.69, 9.17) is 0 Å². The highest BCUT2D eigenvalue weighted by Gasteiger charge is 2.29. The van der Waals surface area contributed by atoms with E-state index >= 15 is 0 Å². The molecule has 0 aliphatic heterocycles. The number of aryl methyl sites for hydroxylation is 1. The maximum absolute atomic E-state index is 11.3. The van der Waals surface area contributed by atoms with Crippen molar-refractivity contribution in [2.45, 2.75) is 31.3 Å². The van der Waals surface area contributed by atoms with Crippen LogP contribution >= 0.6 is 0 Å². The fourth-order valence-electron chi connectivity index (χ4n) is 2.34. The fraction of sp³-hybridized carbons (Fsp3) is 0.462. The Bertz CT molecular complexity index is 387. The molecule has 2 unspecified atom stereocenters. The number of aliphatic hydroxyl groups excluding tert-OH is 1. The van der Waals surface area contributed by atoms with Gasteiger partial charge in [0.05, 0.1) is 19.6 Å². The minimum absolute atomic E-state index is 0.114. The molecular formula is C13H16O3. The molecule has 0 spiro atoms. The summed E-state index contributed by atoms with van der Waals surface area (Å²) in [5.74, 6) is -0.377. The van der Waals surface area contributed by atoms with Gasteiger partial charge in [0, 0.05) is 5.92 Å². The highest BCUT2D eigenvalue weighted by Crippen LogP contribution is 2.34. The first-order chi connectivity index (χ1) is 7.72. The summed E-state index contributed by atoms with van der Waals surface area (Å²) >= 11 is 0. The molecule has 16 heavy (non-hydrogen) atoms. The first kappa shape index (κ1) is 11.1. The van der Waals surface area contributed by atoms with Crippen LogP contribution in [0.5, 0.6) is 0 Å². The Labute approximate surface area is 95.0 Å². The third-order valence-electron chi connectivity index (χ3n) is 3.24. The van der Waals surface area contributed by atoms with Gasteiger partial charge < -0.3 is 9.84 Å². The Balaban J connectivity index is 2.26. The second-order valence-corrected chi connectivity index (χ2v) is 4.19. The number of hydrogen-bond donors (Lipinski definition) is 1. The highest BCUT2D eigenvalue weighted by atomic mass is 16.5. The highest BCUT2D eigenvalue weighted by molar-refractivity contribution is 5.70. The topological polar surface area (TPSA) is 46.5 Å². The van der Waals surface area contributed by atoms with Gasteiger partial charge in [0.1, 0.15) is 0 Å². The summed E-state index contributed by atoms with van der Waals surface area (Å²) in [6, 6.07) is 7.99. The zero-order valence-corrected chi connectivity index (χ0v) is 9.35. The number of fused-ring (bicyclic) bond motifs is 1. The molecular weight excluding hydrogens is 204 g/mol. The number of esters is 1. The molecule has 3 nitrogen and oxygen atoms in total. The predicted molar refractivity (Wildman–Crippen MR) is 60.1 cm³/mol. The summed E-state index contributed by atoms with van der Waals surface area (Å²) in [6.07, 6.45) is 1.43. The SMILES string of the molecule is COC(=O)CC1c2ccccc2CCC1O. The van der Waals surface area contributed by atoms with Crippen LogP contribution in [0.4, 0.5) is 0 Å². The van der Waals surface area contributed by atoms with Gasteiger partial charge in [-0.1, -0.05) is 24.3 Å². The van der Waals surface area contributed by atoms with Gasteiger partial charge in [-0.05, 0) is 24.0 Å². The lowest BCUT2D eigenvalue weighted by molar-refractivity contribution is -0.141. The zero-order valence-electron chi connectivity index (χ0n) is 9.35. The Hall–Kier alpha value is -1.35. The van der Waals surface area contributed by atoms with Crippen molar-refractivity contribution < 1.29 is 14.6 Å². The Morgan fingerprint density at radius 2 is 2.25 bits per heavy atom. The third-order valence-corrected chi connectivity index (χ3v) is 3.24. The molecule has 0 saturated carbocycles. The van der Waals surface area contributed by atoms with E-state index in [1.54, 1.807) is 0 Å². The molecule has 3 heteroatoms. The molecule has 1 aliphatic rings. The maximum Gasteiger partial charge on any atom is 0.306 e. The average Bonchev–Trinajstić information content (AvgIpc) is 2.32. The lowest BCUT2D eigenvalue weighted by Gasteiger charge is -2.29. The van der Waals surface area contributed by atoms with Crippen molar-refractivity contribution >= 4 is 5.97 Å². The zero-order chi connectivity index (χ0) is 11.5. The number of ether oxygens (including phenoxy) is 1. The number of benzene rings is 1. The van der Waals surface area contributed by atoms with Gasteiger partial charge >= 0.3 is 5.97 Å². The van der Waals surface area contributed by atoms with Gasteiger partial charge in [-0.3, -0.25) is 4.79 Å². The van der Waals surface area contributed by atoms with Crippen molar-refractivity contribution in [1.82, 2.24) is 0 Å². The van der Waals surface area contributed by atoms with E-state index in [-0.39, 0.29) is 18.3 Å². The molecule has 0 fully saturated rings. The van der Waals surface area contributed by atoms with Gasteiger partial charge in [-0.2, -0.15) is 0 Å². The molecule has 1 aromatic carbocycles. The van der Waals surface area contributed by atoms with Crippen LogP contribution in [0.3, 0.4) is 0 Å². The van der Waals surface area contributed by atoms with Crippen molar-refractivity contribution in [2.24, 2.45) is 0 Å². The monoisotopic (exact) mass is 220 g/mol.